The summed E-state index contributed by atoms with van der Waals surface area (Å²) in [5.41, 5.74) is 0.999. The molecule has 1 atom stereocenters. The van der Waals surface area contributed by atoms with E-state index in [2.05, 4.69) is 9.98 Å². The molecule has 13 heavy (non-hydrogen) atoms. The maximum absolute atomic E-state index is 11.4. The molecule has 0 N–H and O–H groups in total. The molecule has 1 aliphatic rings. The van der Waals surface area contributed by atoms with Crippen LogP contribution in [0, 0.1) is 0 Å². The Kier molecular flexibility index (Phi) is 2.17. The van der Waals surface area contributed by atoms with Crippen molar-refractivity contribution < 1.29 is 4.79 Å². The number of hydrogen-bond donors (Lipinski definition) is 0. The Morgan fingerprint density at radius 1 is 1.46 bits per heavy atom. The minimum absolute atomic E-state index is 0.0220. The van der Waals surface area contributed by atoms with E-state index in [1.165, 1.54) is 6.21 Å². The summed E-state index contributed by atoms with van der Waals surface area (Å²) >= 11 is 0. The lowest BCUT2D eigenvalue weighted by molar-refractivity contribution is -0.114. The van der Waals surface area contributed by atoms with Crippen LogP contribution in [-0.2, 0) is 4.79 Å². The Balaban J connectivity index is 2.27. The molecule has 3 heteroatoms. The Bertz CT molecular complexity index is 332. The van der Waals surface area contributed by atoms with Crippen LogP contribution in [0.3, 0.4) is 0 Å². The Morgan fingerprint density at radius 3 is 3.08 bits per heavy atom. The number of rotatable bonds is 1. The molecule has 66 valence electrons. The SMILES string of the molecule is O=C1C=NCCC1c1cccnc1. The average molecular weight is 174 g/mol. The van der Waals surface area contributed by atoms with Crippen LogP contribution in [0.4, 0.5) is 0 Å². The molecular formula is C10H10N2O. The first kappa shape index (κ1) is 8.10. The van der Waals surface area contributed by atoms with Crippen molar-refractivity contribution in [2.24, 2.45) is 4.99 Å². The molecule has 0 aliphatic carbocycles. The number of carbonyl (C=O) groups excluding carboxylic acids is 1. The van der Waals surface area contributed by atoms with Crippen LogP contribution >= 0.6 is 0 Å². The molecule has 0 amide bonds. The fraction of sp³-hybridized carbons (Fsp3) is 0.300. The Labute approximate surface area is 76.5 Å². The van der Waals surface area contributed by atoms with Gasteiger partial charge in [-0.1, -0.05) is 6.07 Å². The number of Topliss-reactive ketones (excluding diaryl/α,β-unsaturated/α-hetero) is 1. The predicted molar refractivity (Wildman–Crippen MR) is 50.0 cm³/mol. The summed E-state index contributed by atoms with van der Waals surface area (Å²) in [4.78, 5) is 19.4. The van der Waals surface area contributed by atoms with Gasteiger partial charge in [0, 0.05) is 18.9 Å². The molecule has 0 fully saturated rings. The molecule has 0 saturated heterocycles. The number of aromatic nitrogens is 1. The van der Waals surface area contributed by atoms with Crippen LogP contribution in [0.2, 0.25) is 0 Å². The van der Waals surface area contributed by atoms with E-state index in [-0.39, 0.29) is 11.7 Å². The summed E-state index contributed by atoms with van der Waals surface area (Å²) in [7, 11) is 0. The van der Waals surface area contributed by atoms with Crippen LogP contribution in [0.15, 0.2) is 29.5 Å². The Morgan fingerprint density at radius 2 is 2.38 bits per heavy atom. The van der Waals surface area contributed by atoms with E-state index in [1.807, 2.05) is 12.1 Å². The zero-order chi connectivity index (χ0) is 9.10. The molecule has 1 aliphatic heterocycles. The summed E-state index contributed by atoms with van der Waals surface area (Å²) in [6.45, 7) is 0.741. The van der Waals surface area contributed by atoms with Gasteiger partial charge in [-0.15, -0.1) is 0 Å². The smallest absolute Gasteiger partial charge is 0.180 e. The van der Waals surface area contributed by atoms with Crippen molar-refractivity contribution in [1.82, 2.24) is 4.98 Å². The molecule has 0 aromatic carbocycles. The third kappa shape index (κ3) is 1.64. The topological polar surface area (TPSA) is 42.3 Å². The van der Waals surface area contributed by atoms with Crippen LogP contribution in [0.25, 0.3) is 0 Å². The molecule has 0 spiro atoms. The summed E-state index contributed by atoms with van der Waals surface area (Å²) < 4.78 is 0. The summed E-state index contributed by atoms with van der Waals surface area (Å²) in [5.74, 6) is 0.0745. The monoisotopic (exact) mass is 174 g/mol. The zero-order valence-corrected chi connectivity index (χ0v) is 7.18. The van der Waals surface area contributed by atoms with E-state index in [0.717, 1.165) is 18.5 Å². The first-order valence-corrected chi connectivity index (χ1v) is 4.31. The van der Waals surface area contributed by atoms with E-state index in [4.69, 9.17) is 0 Å². The van der Waals surface area contributed by atoms with Gasteiger partial charge in [0.2, 0.25) is 0 Å². The highest BCUT2D eigenvalue weighted by molar-refractivity contribution is 6.30. The summed E-state index contributed by atoms with van der Waals surface area (Å²) in [5, 5.41) is 0. The van der Waals surface area contributed by atoms with E-state index in [0.29, 0.717) is 0 Å². The predicted octanol–water partition coefficient (Wildman–Crippen LogP) is 1.21. The second-order valence-electron chi connectivity index (χ2n) is 3.07. The van der Waals surface area contributed by atoms with Crippen molar-refractivity contribution in [3.05, 3.63) is 30.1 Å². The van der Waals surface area contributed by atoms with Gasteiger partial charge >= 0.3 is 0 Å². The van der Waals surface area contributed by atoms with E-state index >= 15 is 0 Å². The van der Waals surface area contributed by atoms with E-state index in [9.17, 15) is 4.79 Å². The summed E-state index contributed by atoms with van der Waals surface area (Å²) in [6, 6.07) is 3.79. The number of ketones is 1. The third-order valence-electron chi connectivity index (χ3n) is 2.20. The number of pyridine rings is 1. The highest BCUT2D eigenvalue weighted by atomic mass is 16.1. The lowest BCUT2D eigenvalue weighted by Gasteiger charge is -2.15. The standard InChI is InChI=1S/C10H10N2O/c13-10-7-12-5-3-9(10)8-2-1-4-11-6-8/h1-2,4,6-7,9H,3,5H2. The highest BCUT2D eigenvalue weighted by Gasteiger charge is 2.20. The second kappa shape index (κ2) is 3.47. The van der Waals surface area contributed by atoms with Gasteiger partial charge < -0.3 is 0 Å². The van der Waals surface area contributed by atoms with Gasteiger partial charge in [0.15, 0.2) is 5.78 Å². The van der Waals surface area contributed by atoms with Gasteiger partial charge in [0.05, 0.1) is 12.1 Å². The molecule has 1 aromatic heterocycles. The van der Waals surface area contributed by atoms with Crippen LogP contribution in [0.1, 0.15) is 17.9 Å². The van der Waals surface area contributed by atoms with Crippen molar-refractivity contribution in [3.63, 3.8) is 0 Å². The summed E-state index contributed by atoms with van der Waals surface area (Å²) in [6.07, 6.45) is 5.70. The quantitative estimate of drug-likeness (QED) is 0.642. The van der Waals surface area contributed by atoms with Gasteiger partial charge in [-0.05, 0) is 18.1 Å². The number of hydrogen-bond acceptors (Lipinski definition) is 3. The van der Waals surface area contributed by atoms with Gasteiger partial charge in [0.25, 0.3) is 0 Å². The second-order valence-corrected chi connectivity index (χ2v) is 3.07. The lowest BCUT2D eigenvalue weighted by atomic mass is 9.92. The minimum atomic E-state index is -0.0220. The highest BCUT2D eigenvalue weighted by Crippen LogP contribution is 2.21. The van der Waals surface area contributed by atoms with Crippen LogP contribution in [0.5, 0.6) is 0 Å². The molecule has 0 bridgehead atoms. The number of carbonyl (C=O) groups is 1. The molecule has 2 heterocycles. The third-order valence-corrected chi connectivity index (χ3v) is 2.20. The Hall–Kier alpha value is -1.51. The van der Waals surface area contributed by atoms with Crippen molar-refractivity contribution in [3.8, 4) is 0 Å². The zero-order valence-electron chi connectivity index (χ0n) is 7.18. The molecular weight excluding hydrogens is 164 g/mol. The van der Waals surface area contributed by atoms with E-state index < -0.39 is 0 Å². The fourth-order valence-corrected chi connectivity index (χ4v) is 1.50. The molecule has 1 aromatic rings. The minimum Gasteiger partial charge on any atom is -0.292 e. The number of nitrogens with zero attached hydrogens (tertiary/aromatic N) is 2. The average Bonchev–Trinajstić information content (AvgIpc) is 2.20. The van der Waals surface area contributed by atoms with Crippen molar-refractivity contribution in [2.45, 2.75) is 12.3 Å². The van der Waals surface area contributed by atoms with Crippen molar-refractivity contribution >= 4 is 12.0 Å². The molecule has 3 nitrogen and oxygen atoms in total. The van der Waals surface area contributed by atoms with Gasteiger partial charge in [-0.25, -0.2) is 0 Å². The van der Waals surface area contributed by atoms with E-state index in [1.54, 1.807) is 12.4 Å². The first-order valence-electron chi connectivity index (χ1n) is 4.31. The van der Waals surface area contributed by atoms with Gasteiger partial charge in [0.1, 0.15) is 0 Å². The maximum atomic E-state index is 11.4. The molecule has 0 saturated carbocycles. The molecule has 1 unspecified atom stereocenters. The fourth-order valence-electron chi connectivity index (χ4n) is 1.50. The van der Waals surface area contributed by atoms with Crippen LogP contribution < -0.4 is 0 Å². The normalized spacial score (nSPS) is 21.8. The van der Waals surface area contributed by atoms with Crippen molar-refractivity contribution in [2.75, 3.05) is 6.54 Å². The van der Waals surface area contributed by atoms with Gasteiger partial charge in [-0.3, -0.25) is 14.8 Å². The van der Waals surface area contributed by atoms with Gasteiger partial charge in [-0.2, -0.15) is 0 Å². The van der Waals surface area contributed by atoms with Crippen LogP contribution in [-0.4, -0.2) is 23.5 Å². The lowest BCUT2D eigenvalue weighted by Crippen LogP contribution is -2.19. The molecule has 0 radical (unpaired) electrons. The maximum Gasteiger partial charge on any atom is 0.180 e. The number of aliphatic imine (C=N–C) groups is 1. The first-order chi connectivity index (χ1) is 6.38. The van der Waals surface area contributed by atoms with Crippen molar-refractivity contribution in [1.29, 1.82) is 0 Å². The largest absolute Gasteiger partial charge is 0.292 e. The molecule has 2 rings (SSSR count).